The monoisotopic (exact) mass is 326 g/mol. The van der Waals surface area contributed by atoms with Crippen molar-refractivity contribution in [3.05, 3.63) is 52.9 Å². The van der Waals surface area contributed by atoms with Gasteiger partial charge in [0.1, 0.15) is 0 Å². The topological polar surface area (TPSA) is 50.2 Å². The highest BCUT2D eigenvalue weighted by molar-refractivity contribution is 7.17. The molecule has 1 aliphatic heterocycles. The van der Waals surface area contributed by atoms with Crippen LogP contribution in [-0.4, -0.2) is 34.0 Å². The molecule has 0 fully saturated rings. The van der Waals surface area contributed by atoms with Crippen LogP contribution in [0.5, 0.6) is 0 Å². The molecule has 5 nitrogen and oxygen atoms in total. The van der Waals surface area contributed by atoms with E-state index in [2.05, 4.69) is 32.4 Å². The lowest BCUT2D eigenvalue weighted by atomic mass is 10.1. The minimum Gasteiger partial charge on any atom is -0.336 e. The molecule has 1 N–H and O–H groups in total. The number of thiophene rings is 1. The zero-order chi connectivity index (χ0) is 15.8. The summed E-state index contributed by atoms with van der Waals surface area (Å²) in [5.74, 6) is -0.0160. The van der Waals surface area contributed by atoms with Crippen LogP contribution < -0.4 is 5.32 Å². The number of rotatable bonds is 3. The van der Waals surface area contributed by atoms with E-state index in [9.17, 15) is 4.79 Å². The van der Waals surface area contributed by atoms with Crippen LogP contribution in [0, 0.1) is 0 Å². The van der Waals surface area contributed by atoms with Gasteiger partial charge in [0.15, 0.2) is 5.69 Å². The molecule has 0 saturated carbocycles. The molecule has 2 aromatic heterocycles. The minimum atomic E-state index is -0.0160. The lowest BCUT2D eigenvalue weighted by molar-refractivity contribution is 0.0778. The van der Waals surface area contributed by atoms with Crippen LogP contribution in [0.2, 0.25) is 0 Å². The van der Waals surface area contributed by atoms with Gasteiger partial charge < -0.3 is 14.8 Å². The van der Waals surface area contributed by atoms with Gasteiger partial charge in [-0.05, 0) is 22.4 Å². The number of aromatic nitrogens is 2. The Hall–Kier alpha value is -2.18. The van der Waals surface area contributed by atoms with Gasteiger partial charge in [-0.3, -0.25) is 4.79 Å². The first-order valence-corrected chi connectivity index (χ1v) is 8.57. The third-order valence-electron chi connectivity index (χ3n) is 4.29. The van der Waals surface area contributed by atoms with Gasteiger partial charge in [0.05, 0.1) is 12.0 Å². The van der Waals surface area contributed by atoms with E-state index in [1.165, 1.54) is 15.6 Å². The average molecular weight is 326 g/mol. The maximum atomic E-state index is 12.8. The number of hydrogen-bond donors (Lipinski definition) is 1. The fraction of sp³-hybridized carbons (Fsp3) is 0.294. The van der Waals surface area contributed by atoms with E-state index in [0.717, 1.165) is 18.8 Å². The van der Waals surface area contributed by atoms with Crippen LogP contribution in [0.15, 0.2) is 36.0 Å². The van der Waals surface area contributed by atoms with Crippen LogP contribution in [0.1, 0.15) is 21.7 Å². The molecule has 1 aromatic carbocycles. The highest BCUT2D eigenvalue weighted by Crippen LogP contribution is 2.26. The Balaban J connectivity index is 1.58. The molecule has 23 heavy (non-hydrogen) atoms. The largest absolute Gasteiger partial charge is 0.336 e. The Kier molecular flexibility index (Phi) is 3.63. The highest BCUT2D eigenvalue weighted by Gasteiger charge is 2.23. The first-order valence-electron chi connectivity index (χ1n) is 7.69. The van der Waals surface area contributed by atoms with Gasteiger partial charge in [-0.2, -0.15) is 0 Å². The zero-order valence-electron chi connectivity index (χ0n) is 13.0. The number of carbonyl (C=O) groups excluding carboxylic acids is 1. The lowest BCUT2D eigenvalue weighted by Crippen LogP contribution is -2.32. The summed E-state index contributed by atoms with van der Waals surface area (Å²) < 4.78 is 3.32. The standard InChI is InChI=1S/C17H18N4OS/c1-20(9-12-10-23-15-5-3-2-4-13(12)15)17(22)16-14-8-18-6-7-21(14)11-19-16/h2-5,10-11,18H,6-9H2,1H3. The van der Waals surface area contributed by atoms with Gasteiger partial charge in [-0.25, -0.2) is 4.98 Å². The third-order valence-corrected chi connectivity index (χ3v) is 5.30. The lowest BCUT2D eigenvalue weighted by Gasteiger charge is -2.19. The van der Waals surface area contributed by atoms with Crippen LogP contribution in [0.3, 0.4) is 0 Å². The molecule has 118 valence electrons. The van der Waals surface area contributed by atoms with E-state index in [-0.39, 0.29) is 5.91 Å². The van der Waals surface area contributed by atoms with Crippen molar-refractivity contribution in [3.8, 4) is 0 Å². The molecule has 3 aromatic rings. The summed E-state index contributed by atoms with van der Waals surface area (Å²) in [7, 11) is 1.84. The van der Waals surface area contributed by atoms with Crippen molar-refractivity contribution in [1.29, 1.82) is 0 Å². The molecular formula is C17H18N4OS. The van der Waals surface area contributed by atoms with Crippen molar-refractivity contribution >= 4 is 27.3 Å². The fourth-order valence-corrected chi connectivity index (χ4v) is 3.99. The van der Waals surface area contributed by atoms with E-state index in [1.54, 1.807) is 22.6 Å². The summed E-state index contributed by atoms with van der Waals surface area (Å²) in [6, 6.07) is 8.31. The third kappa shape index (κ3) is 2.54. The molecule has 1 amide bonds. The average Bonchev–Trinajstić information content (AvgIpc) is 3.19. The van der Waals surface area contributed by atoms with Gasteiger partial charge in [0.2, 0.25) is 0 Å². The summed E-state index contributed by atoms with van der Waals surface area (Å²) >= 11 is 1.72. The number of benzene rings is 1. The quantitative estimate of drug-likeness (QED) is 0.804. The van der Waals surface area contributed by atoms with Gasteiger partial charge in [0.25, 0.3) is 5.91 Å². The Bertz CT molecular complexity index is 866. The Labute approximate surface area is 138 Å². The van der Waals surface area contributed by atoms with Crippen molar-refractivity contribution < 1.29 is 4.79 Å². The van der Waals surface area contributed by atoms with Crippen molar-refractivity contribution in [1.82, 2.24) is 19.8 Å². The highest BCUT2D eigenvalue weighted by atomic mass is 32.1. The molecular weight excluding hydrogens is 308 g/mol. The molecule has 0 saturated heterocycles. The molecule has 3 heterocycles. The number of nitrogens with zero attached hydrogens (tertiary/aromatic N) is 3. The molecule has 6 heteroatoms. The van der Waals surface area contributed by atoms with Gasteiger partial charge in [-0.15, -0.1) is 11.3 Å². The Morgan fingerprint density at radius 3 is 3.22 bits per heavy atom. The van der Waals surface area contributed by atoms with Gasteiger partial charge >= 0.3 is 0 Å². The summed E-state index contributed by atoms with van der Waals surface area (Å²) in [5.41, 5.74) is 2.75. The first kappa shape index (κ1) is 14.4. The normalized spacial score (nSPS) is 14.0. The minimum absolute atomic E-state index is 0.0160. The van der Waals surface area contributed by atoms with Crippen molar-refractivity contribution in [2.75, 3.05) is 13.6 Å². The Morgan fingerprint density at radius 2 is 2.30 bits per heavy atom. The van der Waals surface area contributed by atoms with Crippen LogP contribution >= 0.6 is 11.3 Å². The van der Waals surface area contributed by atoms with Crippen molar-refractivity contribution in [2.24, 2.45) is 0 Å². The molecule has 4 rings (SSSR count). The van der Waals surface area contributed by atoms with Gasteiger partial charge in [0, 0.05) is 37.9 Å². The number of amides is 1. The molecule has 0 spiro atoms. The molecule has 0 atom stereocenters. The van der Waals surface area contributed by atoms with E-state index >= 15 is 0 Å². The molecule has 1 aliphatic rings. The summed E-state index contributed by atoms with van der Waals surface area (Å²) in [4.78, 5) is 18.9. The predicted octanol–water partition coefficient (Wildman–Crippen LogP) is 2.47. The first-order chi connectivity index (χ1) is 11.2. The molecule has 0 radical (unpaired) electrons. The van der Waals surface area contributed by atoms with E-state index in [4.69, 9.17) is 0 Å². The second-order valence-corrected chi connectivity index (χ2v) is 6.74. The number of hydrogen-bond acceptors (Lipinski definition) is 4. The van der Waals surface area contributed by atoms with Crippen LogP contribution in [0.4, 0.5) is 0 Å². The number of fused-ring (bicyclic) bond motifs is 2. The van der Waals surface area contributed by atoms with E-state index in [0.29, 0.717) is 18.8 Å². The van der Waals surface area contributed by atoms with Crippen molar-refractivity contribution in [2.45, 2.75) is 19.6 Å². The molecule has 0 bridgehead atoms. The second kappa shape index (κ2) is 5.79. The van der Waals surface area contributed by atoms with Crippen LogP contribution in [0.25, 0.3) is 10.1 Å². The van der Waals surface area contributed by atoms with Crippen LogP contribution in [-0.2, 0) is 19.6 Å². The maximum absolute atomic E-state index is 12.8. The number of imidazole rings is 1. The summed E-state index contributed by atoms with van der Waals surface area (Å²) in [5, 5.41) is 6.67. The number of nitrogens with one attached hydrogen (secondary N) is 1. The SMILES string of the molecule is CN(Cc1csc2ccccc12)C(=O)c1ncn2c1CNCC2. The Morgan fingerprint density at radius 1 is 1.43 bits per heavy atom. The smallest absolute Gasteiger partial charge is 0.274 e. The summed E-state index contributed by atoms with van der Waals surface area (Å²) in [6.45, 7) is 3.10. The van der Waals surface area contributed by atoms with E-state index in [1.807, 2.05) is 19.2 Å². The summed E-state index contributed by atoms with van der Waals surface area (Å²) in [6.07, 6.45) is 1.78. The zero-order valence-corrected chi connectivity index (χ0v) is 13.8. The molecule has 0 unspecified atom stereocenters. The predicted molar refractivity (Wildman–Crippen MR) is 91.6 cm³/mol. The van der Waals surface area contributed by atoms with Gasteiger partial charge in [-0.1, -0.05) is 18.2 Å². The molecule has 0 aliphatic carbocycles. The van der Waals surface area contributed by atoms with Crippen molar-refractivity contribution in [3.63, 3.8) is 0 Å². The van der Waals surface area contributed by atoms with E-state index < -0.39 is 0 Å². The number of carbonyl (C=O) groups is 1. The second-order valence-electron chi connectivity index (χ2n) is 5.83. The fourth-order valence-electron chi connectivity index (χ4n) is 3.03. The maximum Gasteiger partial charge on any atom is 0.274 e.